The number of carbonyl (C=O) groups excluding carboxylic acids is 1. The molecule has 3 atom stereocenters. The second-order valence-electron chi connectivity index (χ2n) is 5.92. The number of hydrogen-bond acceptors (Lipinski definition) is 3. The molecule has 0 saturated heterocycles. The molecule has 0 bridgehead atoms. The fraction of sp³-hybridized carbons (Fsp3) is 0.444. The molecule has 0 radical (unpaired) electrons. The molecule has 1 aromatic heterocycles. The Morgan fingerprint density at radius 1 is 1.17 bits per heavy atom. The molecule has 5 nitrogen and oxygen atoms in total. The number of carbonyl (C=O) groups is 1. The number of hydrogen-bond donors (Lipinski definition) is 2. The van der Waals surface area contributed by atoms with Crippen LogP contribution in [0.1, 0.15) is 44.8 Å². The number of nitrogens with one attached hydrogen (secondary N) is 2. The van der Waals surface area contributed by atoms with E-state index < -0.39 is 0 Å². The van der Waals surface area contributed by atoms with Crippen LogP contribution in [-0.2, 0) is 4.79 Å². The maximum atomic E-state index is 12.0. The summed E-state index contributed by atoms with van der Waals surface area (Å²) in [5.41, 5.74) is 1.12. The van der Waals surface area contributed by atoms with Crippen molar-refractivity contribution in [3.63, 3.8) is 0 Å². The molecule has 2 rings (SSSR count). The van der Waals surface area contributed by atoms with E-state index in [4.69, 9.17) is 0 Å². The van der Waals surface area contributed by atoms with Crippen LogP contribution in [0.3, 0.4) is 0 Å². The smallest absolute Gasteiger partial charge is 0.221 e. The number of nitrogens with zero attached hydrogens (tertiary/aromatic N) is 2. The van der Waals surface area contributed by atoms with Crippen LogP contribution in [0.15, 0.2) is 48.8 Å². The maximum absolute atomic E-state index is 12.0. The van der Waals surface area contributed by atoms with Gasteiger partial charge in [0, 0.05) is 31.4 Å². The fourth-order valence-electron chi connectivity index (χ4n) is 2.47. The largest absolute Gasteiger partial charge is 0.350 e. The van der Waals surface area contributed by atoms with Crippen molar-refractivity contribution >= 4 is 5.91 Å². The van der Waals surface area contributed by atoms with Gasteiger partial charge in [-0.15, -0.1) is 0 Å². The number of benzene rings is 1. The highest BCUT2D eigenvalue weighted by Gasteiger charge is 2.14. The van der Waals surface area contributed by atoms with Crippen molar-refractivity contribution in [3.8, 4) is 0 Å². The highest BCUT2D eigenvalue weighted by atomic mass is 16.1. The zero-order valence-corrected chi connectivity index (χ0v) is 14.1. The van der Waals surface area contributed by atoms with Crippen molar-refractivity contribution < 1.29 is 4.79 Å². The molecule has 0 aliphatic carbocycles. The van der Waals surface area contributed by atoms with Gasteiger partial charge < -0.3 is 10.6 Å². The molecular weight excluding hydrogens is 288 g/mol. The average Bonchev–Trinajstić information content (AvgIpc) is 3.09. The summed E-state index contributed by atoms with van der Waals surface area (Å²) in [6.45, 7) is 6.88. The number of rotatable bonds is 8. The molecule has 0 unspecified atom stereocenters. The fourth-order valence-corrected chi connectivity index (χ4v) is 2.47. The van der Waals surface area contributed by atoms with Gasteiger partial charge in [0.1, 0.15) is 0 Å². The summed E-state index contributed by atoms with van der Waals surface area (Å²) in [5, 5.41) is 10.7. The Morgan fingerprint density at radius 2 is 1.91 bits per heavy atom. The van der Waals surface area contributed by atoms with Crippen LogP contribution < -0.4 is 10.6 Å². The topological polar surface area (TPSA) is 59.0 Å². The SMILES string of the molecule is C[C@H](NC(=O)CCN[C@H](C)[C@H](C)n1cccn1)c1ccccc1. The first-order valence-electron chi connectivity index (χ1n) is 8.14. The first kappa shape index (κ1) is 17.2. The Hall–Kier alpha value is -2.14. The van der Waals surface area contributed by atoms with Gasteiger partial charge in [0.15, 0.2) is 0 Å². The van der Waals surface area contributed by atoms with Crippen molar-refractivity contribution in [1.82, 2.24) is 20.4 Å². The lowest BCUT2D eigenvalue weighted by Crippen LogP contribution is -2.37. The van der Waals surface area contributed by atoms with Crippen molar-refractivity contribution in [2.45, 2.75) is 45.3 Å². The van der Waals surface area contributed by atoms with Gasteiger partial charge in [-0.05, 0) is 32.4 Å². The van der Waals surface area contributed by atoms with Gasteiger partial charge >= 0.3 is 0 Å². The Labute approximate surface area is 138 Å². The first-order chi connectivity index (χ1) is 11.1. The van der Waals surface area contributed by atoms with Crippen molar-refractivity contribution in [2.75, 3.05) is 6.54 Å². The van der Waals surface area contributed by atoms with Crippen LogP contribution in [0.5, 0.6) is 0 Å². The van der Waals surface area contributed by atoms with E-state index in [2.05, 4.69) is 29.6 Å². The zero-order chi connectivity index (χ0) is 16.7. The van der Waals surface area contributed by atoms with Gasteiger partial charge in [-0.25, -0.2) is 0 Å². The number of aromatic nitrogens is 2. The van der Waals surface area contributed by atoms with E-state index in [9.17, 15) is 4.79 Å². The summed E-state index contributed by atoms with van der Waals surface area (Å²) in [5.74, 6) is 0.0628. The lowest BCUT2D eigenvalue weighted by atomic mass is 10.1. The van der Waals surface area contributed by atoms with Gasteiger partial charge in [-0.3, -0.25) is 9.48 Å². The third kappa shape index (κ3) is 5.21. The summed E-state index contributed by atoms with van der Waals surface area (Å²) >= 11 is 0. The van der Waals surface area contributed by atoms with E-state index in [1.165, 1.54) is 0 Å². The highest BCUT2D eigenvalue weighted by Crippen LogP contribution is 2.11. The molecule has 0 fully saturated rings. The standard InChI is InChI=1S/C18H26N4O/c1-14(16(3)22-13-7-11-20-22)19-12-10-18(23)21-15(2)17-8-5-4-6-9-17/h4-9,11,13-16,19H,10,12H2,1-3H3,(H,21,23)/t14-,15+,16+/m1/s1. The molecule has 0 aliphatic heterocycles. The van der Waals surface area contributed by atoms with Crippen LogP contribution in [0, 0.1) is 0 Å². The Kier molecular flexibility index (Phi) is 6.35. The minimum Gasteiger partial charge on any atom is -0.350 e. The molecule has 2 N–H and O–H groups in total. The molecule has 1 heterocycles. The Morgan fingerprint density at radius 3 is 2.57 bits per heavy atom. The summed E-state index contributed by atoms with van der Waals surface area (Å²) in [7, 11) is 0. The average molecular weight is 314 g/mol. The second kappa shape index (κ2) is 8.48. The van der Waals surface area contributed by atoms with Gasteiger partial charge in [-0.1, -0.05) is 30.3 Å². The lowest BCUT2D eigenvalue weighted by molar-refractivity contribution is -0.121. The van der Waals surface area contributed by atoms with Crippen molar-refractivity contribution in [3.05, 3.63) is 54.4 Å². The number of amides is 1. The maximum Gasteiger partial charge on any atom is 0.221 e. The van der Waals surface area contributed by atoms with Crippen LogP contribution in [0.25, 0.3) is 0 Å². The minimum absolute atomic E-state index is 0.0316. The monoisotopic (exact) mass is 314 g/mol. The van der Waals surface area contributed by atoms with Crippen molar-refractivity contribution in [2.24, 2.45) is 0 Å². The molecule has 0 spiro atoms. The van der Waals surface area contributed by atoms with Crippen LogP contribution in [0.4, 0.5) is 0 Å². The molecular formula is C18H26N4O. The Balaban J connectivity index is 1.70. The predicted molar refractivity (Wildman–Crippen MR) is 92.0 cm³/mol. The third-order valence-electron chi connectivity index (χ3n) is 4.16. The quantitative estimate of drug-likeness (QED) is 0.787. The molecule has 23 heavy (non-hydrogen) atoms. The molecule has 1 amide bonds. The van der Waals surface area contributed by atoms with E-state index in [0.717, 1.165) is 5.56 Å². The van der Waals surface area contributed by atoms with Gasteiger partial charge in [0.2, 0.25) is 5.91 Å². The van der Waals surface area contributed by atoms with Crippen LogP contribution in [-0.4, -0.2) is 28.3 Å². The molecule has 0 saturated carbocycles. The van der Waals surface area contributed by atoms with Crippen molar-refractivity contribution in [1.29, 1.82) is 0 Å². The minimum atomic E-state index is 0.0316. The van der Waals surface area contributed by atoms with Gasteiger partial charge in [0.05, 0.1) is 12.1 Å². The van der Waals surface area contributed by atoms with E-state index >= 15 is 0 Å². The summed E-state index contributed by atoms with van der Waals surface area (Å²) in [4.78, 5) is 12.0. The van der Waals surface area contributed by atoms with Crippen LogP contribution >= 0.6 is 0 Å². The third-order valence-corrected chi connectivity index (χ3v) is 4.16. The molecule has 2 aromatic rings. The zero-order valence-electron chi connectivity index (χ0n) is 14.1. The summed E-state index contributed by atoms with van der Waals surface area (Å²) < 4.78 is 1.93. The molecule has 124 valence electrons. The summed E-state index contributed by atoms with van der Waals surface area (Å²) in [6.07, 6.45) is 4.20. The van der Waals surface area contributed by atoms with E-state index in [1.807, 2.05) is 54.2 Å². The second-order valence-corrected chi connectivity index (χ2v) is 5.92. The van der Waals surface area contributed by atoms with E-state index in [-0.39, 0.29) is 24.0 Å². The normalized spacial score (nSPS) is 14.9. The summed E-state index contributed by atoms with van der Waals surface area (Å²) in [6, 6.07) is 12.4. The van der Waals surface area contributed by atoms with Crippen LogP contribution in [0.2, 0.25) is 0 Å². The molecule has 1 aromatic carbocycles. The predicted octanol–water partition coefficient (Wildman–Crippen LogP) is 2.69. The highest BCUT2D eigenvalue weighted by molar-refractivity contribution is 5.76. The van der Waals surface area contributed by atoms with Gasteiger partial charge in [0.25, 0.3) is 0 Å². The first-order valence-corrected chi connectivity index (χ1v) is 8.14. The lowest BCUT2D eigenvalue weighted by Gasteiger charge is -2.22. The molecule has 0 aliphatic rings. The molecule has 5 heteroatoms. The van der Waals surface area contributed by atoms with Gasteiger partial charge in [-0.2, -0.15) is 5.10 Å². The Bertz CT molecular complexity index is 582. The van der Waals surface area contributed by atoms with E-state index in [1.54, 1.807) is 6.20 Å². The van der Waals surface area contributed by atoms with E-state index in [0.29, 0.717) is 13.0 Å².